The SMILES string of the molecule is N=CN=C(N)N1CCN(C2C=C3NCC=C(C(=O)O)CC3=CC2F)CC1. The maximum absolute atomic E-state index is 14.8. The number of guanidine groups is 1. The Hall–Kier alpha value is -2.68. The first-order valence-corrected chi connectivity index (χ1v) is 8.54. The summed E-state index contributed by atoms with van der Waals surface area (Å²) in [7, 11) is 0. The second-order valence-corrected chi connectivity index (χ2v) is 6.44. The minimum Gasteiger partial charge on any atom is -0.478 e. The zero-order chi connectivity index (χ0) is 18.7. The molecule has 0 aromatic carbocycles. The molecule has 0 saturated carbocycles. The molecule has 3 aliphatic rings. The number of carboxylic acids is 1. The van der Waals surface area contributed by atoms with E-state index in [-0.39, 0.29) is 12.0 Å². The molecule has 1 fully saturated rings. The van der Waals surface area contributed by atoms with Gasteiger partial charge in [-0.2, -0.15) is 0 Å². The molecule has 2 unspecified atom stereocenters. The van der Waals surface area contributed by atoms with Gasteiger partial charge in [0.05, 0.1) is 6.04 Å². The van der Waals surface area contributed by atoms with Crippen LogP contribution in [0.5, 0.6) is 0 Å². The van der Waals surface area contributed by atoms with E-state index in [4.69, 9.17) is 11.1 Å². The summed E-state index contributed by atoms with van der Waals surface area (Å²) in [6.45, 7) is 2.91. The number of halogens is 1. The topological polar surface area (TPSA) is 118 Å². The number of rotatable bonds is 3. The monoisotopic (exact) mass is 362 g/mol. The predicted molar refractivity (Wildman–Crippen MR) is 96.7 cm³/mol. The van der Waals surface area contributed by atoms with Crippen LogP contribution in [0.2, 0.25) is 0 Å². The lowest BCUT2D eigenvalue weighted by molar-refractivity contribution is -0.132. The number of nitrogens with one attached hydrogen (secondary N) is 2. The first kappa shape index (κ1) is 18.1. The summed E-state index contributed by atoms with van der Waals surface area (Å²) < 4.78 is 14.8. The van der Waals surface area contributed by atoms with Crippen molar-refractivity contribution < 1.29 is 14.3 Å². The van der Waals surface area contributed by atoms with E-state index < -0.39 is 18.2 Å². The number of carbonyl (C=O) groups is 1. The molecule has 1 saturated heterocycles. The molecular weight excluding hydrogens is 339 g/mol. The molecule has 0 aromatic rings. The molecule has 2 heterocycles. The average molecular weight is 362 g/mol. The highest BCUT2D eigenvalue weighted by Crippen LogP contribution is 2.29. The van der Waals surface area contributed by atoms with Crippen LogP contribution in [0.25, 0.3) is 0 Å². The Morgan fingerprint density at radius 1 is 1.38 bits per heavy atom. The lowest BCUT2D eigenvalue weighted by Gasteiger charge is -2.40. The number of hydrogen-bond acceptors (Lipinski definition) is 4. The van der Waals surface area contributed by atoms with Gasteiger partial charge >= 0.3 is 5.97 Å². The van der Waals surface area contributed by atoms with Crippen molar-refractivity contribution in [2.45, 2.75) is 18.6 Å². The standard InChI is InChI=1S/C17H23FN6O2/c18-13-8-12-7-11(16(25)26)1-2-21-14(12)9-15(13)23-3-5-24(6-4-23)17(20)22-10-19/h1,8-10,13,15,21H,2-7H2,(H,25,26)(H3,19,20,22). The van der Waals surface area contributed by atoms with Crippen molar-refractivity contribution in [3.05, 3.63) is 35.1 Å². The van der Waals surface area contributed by atoms with Crippen LogP contribution in [0.1, 0.15) is 6.42 Å². The van der Waals surface area contributed by atoms with E-state index >= 15 is 0 Å². The van der Waals surface area contributed by atoms with Gasteiger partial charge in [-0.25, -0.2) is 14.2 Å². The Labute approximate surface area is 151 Å². The van der Waals surface area contributed by atoms with Gasteiger partial charge in [-0.15, -0.1) is 0 Å². The van der Waals surface area contributed by atoms with Gasteiger partial charge in [-0.05, 0) is 17.7 Å². The molecule has 9 heteroatoms. The summed E-state index contributed by atoms with van der Waals surface area (Å²) in [6.07, 6.45) is 4.98. The van der Waals surface area contributed by atoms with Crippen LogP contribution in [0.3, 0.4) is 0 Å². The number of piperazine rings is 1. The molecule has 2 aliphatic heterocycles. The third-order valence-electron chi connectivity index (χ3n) is 4.92. The Kier molecular flexibility index (Phi) is 5.36. The normalized spacial score (nSPS) is 27.3. The number of aliphatic carboxylic acids is 1. The molecule has 2 atom stereocenters. The Morgan fingerprint density at radius 3 is 2.77 bits per heavy atom. The number of fused-ring (bicyclic) bond motifs is 1. The van der Waals surface area contributed by atoms with Gasteiger partial charge in [-0.3, -0.25) is 10.3 Å². The van der Waals surface area contributed by atoms with Crippen molar-refractivity contribution in [3.63, 3.8) is 0 Å². The van der Waals surface area contributed by atoms with E-state index in [1.54, 1.807) is 6.08 Å². The molecule has 0 radical (unpaired) electrons. The minimum atomic E-state index is -1.19. The smallest absolute Gasteiger partial charge is 0.331 e. The van der Waals surface area contributed by atoms with E-state index in [0.717, 1.165) is 12.0 Å². The Bertz CT molecular complexity index is 706. The molecule has 0 amide bonds. The van der Waals surface area contributed by atoms with Crippen LogP contribution in [-0.4, -0.2) is 78.1 Å². The summed E-state index contributed by atoms with van der Waals surface area (Å²) in [5.74, 6) is -0.662. The third kappa shape index (κ3) is 3.77. The van der Waals surface area contributed by atoms with Crippen molar-refractivity contribution in [2.75, 3.05) is 32.7 Å². The van der Waals surface area contributed by atoms with Crippen LogP contribution in [0.15, 0.2) is 40.1 Å². The fourth-order valence-electron chi connectivity index (χ4n) is 3.51. The Morgan fingerprint density at radius 2 is 2.12 bits per heavy atom. The molecule has 5 N–H and O–H groups in total. The summed E-state index contributed by atoms with van der Waals surface area (Å²) >= 11 is 0. The maximum atomic E-state index is 14.8. The van der Waals surface area contributed by atoms with Crippen molar-refractivity contribution in [1.82, 2.24) is 15.1 Å². The van der Waals surface area contributed by atoms with Crippen LogP contribution in [-0.2, 0) is 4.79 Å². The third-order valence-corrected chi connectivity index (χ3v) is 4.92. The molecule has 0 aromatic heterocycles. The highest BCUT2D eigenvalue weighted by Gasteiger charge is 2.33. The molecule has 26 heavy (non-hydrogen) atoms. The van der Waals surface area contributed by atoms with E-state index in [2.05, 4.69) is 15.2 Å². The van der Waals surface area contributed by atoms with Gasteiger partial charge in [0.15, 0.2) is 5.96 Å². The molecule has 8 nitrogen and oxygen atoms in total. The minimum absolute atomic E-state index is 0.228. The van der Waals surface area contributed by atoms with E-state index in [1.165, 1.54) is 6.08 Å². The molecule has 0 bridgehead atoms. The van der Waals surface area contributed by atoms with Gasteiger partial charge < -0.3 is 21.1 Å². The second kappa shape index (κ2) is 7.69. The highest BCUT2D eigenvalue weighted by molar-refractivity contribution is 5.87. The van der Waals surface area contributed by atoms with Gasteiger partial charge in [0, 0.05) is 50.4 Å². The fourth-order valence-corrected chi connectivity index (χ4v) is 3.51. The average Bonchev–Trinajstić information content (AvgIpc) is 2.83. The molecule has 0 spiro atoms. The van der Waals surface area contributed by atoms with Crippen molar-refractivity contribution in [1.29, 1.82) is 5.41 Å². The van der Waals surface area contributed by atoms with Crippen LogP contribution in [0, 0.1) is 5.41 Å². The number of nitrogens with two attached hydrogens (primary N) is 1. The van der Waals surface area contributed by atoms with Gasteiger partial charge in [0.2, 0.25) is 0 Å². The molecule has 3 rings (SSSR count). The Balaban J connectivity index is 1.68. The summed E-state index contributed by atoms with van der Waals surface area (Å²) in [4.78, 5) is 18.9. The molecule has 140 valence electrons. The van der Waals surface area contributed by atoms with E-state index in [9.17, 15) is 14.3 Å². The fraction of sp³-hybridized carbons (Fsp3) is 0.471. The maximum Gasteiger partial charge on any atom is 0.331 e. The zero-order valence-electron chi connectivity index (χ0n) is 14.4. The second-order valence-electron chi connectivity index (χ2n) is 6.44. The van der Waals surface area contributed by atoms with Crippen LogP contribution in [0.4, 0.5) is 4.39 Å². The van der Waals surface area contributed by atoms with E-state index in [0.29, 0.717) is 44.3 Å². The van der Waals surface area contributed by atoms with Crippen molar-refractivity contribution in [3.8, 4) is 0 Å². The first-order chi connectivity index (χ1) is 12.5. The number of alkyl halides is 1. The van der Waals surface area contributed by atoms with Gasteiger partial charge in [0.1, 0.15) is 12.5 Å². The van der Waals surface area contributed by atoms with Crippen molar-refractivity contribution in [2.24, 2.45) is 10.7 Å². The zero-order valence-corrected chi connectivity index (χ0v) is 14.4. The molecular formula is C17H23FN6O2. The number of nitrogens with zero attached hydrogens (tertiary/aromatic N) is 3. The quantitative estimate of drug-likeness (QED) is 0.417. The van der Waals surface area contributed by atoms with Gasteiger partial charge in [-0.1, -0.05) is 6.08 Å². The number of aliphatic imine (C=N–C) groups is 1. The number of carboxylic acid groups (broad SMARTS) is 1. The lowest BCUT2D eigenvalue weighted by atomic mass is 9.93. The predicted octanol–water partition coefficient (Wildman–Crippen LogP) is 0.0607. The number of hydrogen-bond donors (Lipinski definition) is 4. The number of allylic oxidation sites excluding steroid dienone is 1. The molecule has 1 aliphatic carbocycles. The largest absolute Gasteiger partial charge is 0.478 e. The first-order valence-electron chi connectivity index (χ1n) is 8.54. The van der Waals surface area contributed by atoms with E-state index in [1.807, 2.05) is 11.0 Å². The summed E-state index contributed by atoms with van der Waals surface area (Å²) in [6, 6.07) is -0.393. The van der Waals surface area contributed by atoms with Crippen LogP contribution < -0.4 is 11.1 Å². The lowest BCUT2D eigenvalue weighted by Crippen LogP contribution is -2.55. The van der Waals surface area contributed by atoms with Crippen molar-refractivity contribution >= 4 is 18.3 Å². The van der Waals surface area contributed by atoms with Crippen LogP contribution >= 0.6 is 0 Å². The summed E-state index contributed by atoms with van der Waals surface area (Å²) in [5, 5.41) is 19.4. The summed E-state index contributed by atoms with van der Waals surface area (Å²) in [5.41, 5.74) is 7.59. The van der Waals surface area contributed by atoms with Gasteiger partial charge in [0.25, 0.3) is 0 Å². The highest BCUT2D eigenvalue weighted by atomic mass is 19.1.